The second kappa shape index (κ2) is 6.10. The van der Waals surface area contributed by atoms with Crippen LogP contribution in [-0.2, 0) is 4.79 Å². The molecule has 1 atom stereocenters. The molecule has 1 aromatic carbocycles. The summed E-state index contributed by atoms with van der Waals surface area (Å²) in [7, 11) is 0. The number of rotatable bonds is 6. The monoisotopic (exact) mass is 226 g/mol. The van der Waals surface area contributed by atoms with Crippen molar-refractivity contribution in [2.45, 2.75) is 19.8 Å². The van der Waals surface area contributed by atoms with Crippen LogP contribution >= 0.6 is 0 Å². The normalized spacial score (nSPS) is 12.1. The summed E-state index contributed by atoms with van der Waals surface area (Å²) >= 11 is 0. The van der Waals surface area contributed by atoms with Crippen LogP contribution in [0.1, 0.15) is 19.8 Å². The molecule has 0 heterocycles. The van der Waals surface area contributed by atoms with E-state index in [9.17, 15) is 9.18 Å². The van der Waals surface area contributed by atoms with E-state index in [4.69, 9.17) is 9.84 Å². The number of carbonyl (C=O) groups is 1. The molecule has 88 valence electrons. The number of hydrogen-bond donors (Lipinski definition) is 1. The summed E-state index contributed by atoms with van der Waals surface area (Å²) in [4.78, 5) is 10.7. The number of carboxylic acids is 1. The zero-order chi connectivity index (χ0) is 12.0. The summed E-state index contributed by atoms with van der Waals surface area (Å²) in [5, 5.41) is 8.80. The second-order valence-electron chi connectivity index (χ2n) is 3.53. The predicted molar refractivity (Wildman–Crippen MR) is 57.9 cm³/mol. The van der Waals surface area contributed by atoms with Crippen LogP contribution < -0.4 is 4.74 Å². The first-order valence-electron chi connectivity index (χ1n) is 5.24. The van der Waals surface area contributed by atoms with E-state index in [1.165, 1.54) is 24.3 Å². The molecule has 1 aromatic rings. The maximum absolute atomic E-state index is 12.6. The summed E-state index contributed by atoms with van der Waals surface area (Å²) in [6.45, 7) is 2.16. The molecule has 3 nitrogen and oxygen atoms in total. The fourth-order valence-corrected chi connectivity index (χ4v) is 1.35. The van der Waals surface area contributed by atoms with Gasteiger partial charge in [0, 0.05) is 0 Å². The van der Waals surface area contributed by atoms with E-state index in [1.807, 2.05) is 6.92 Å². The van der Waals surface area contributed by atoms with Gasteiger partial charge in [0.05, 0.1) is 12.5 Å². The summed E-state index contributed by atoms with van der Waals surface area (Å²) < 4.78 is 17.9. The number of benzene rings is 1. The Morgan fingerprint density at radius 3 is 2.56 bits per heavy atom. The van der Waals surface area contributed by atoms with Crippen LogP contribution in [0.25, 0.3) is 0 Å². The van der Waals surface area contributed by atoms with Gasteiger partial charge in [-0.2, -0.15) is 0 Å². The number of halogens is 1. The molecule has 1 unspecified atom stereocenters. The summed E-state index contributed by atoms with van der Waals surface area (Å²) in [6, 6.07) is 5.67. The molecule has 0 aliphatic rings. The lowest BCUT2D eigenvalue weighted by Crippen LogP contribution is -2.15. The van der Waals surface area contributed by atoms with Crippen LogP contribution in [-0.4, -0.2) is 17.7 Å². The minimum Gasteiger partial charge on any atom is -0.494 e. The molecule has 1 N–H and O–H groups in total. The lowest BCUT2D eigenvalue weighted by Gasteiger charge is -2.10. The van der Waals surface area contributed by atoms with Crippen LogP contribution in [0.4, 0.5) is 4.39 Å². The summed E-state index contributed by atoms with van der Waals surface area (Å²) in [5.41, 5.74) is 0. The SMILES string of the molecule is CCC(CCOc1ccc(F)cc1)C(=O)O. The molecule has 0 aliphatic heterocycles. The first-order valence-corrected chi connectivity index (χ1v) is 5.24. The topological polar surface area (TPSA) is 46.5 Å². The van der Waals surface area contributed by atoms with Gasteiger partial charge in [-0.25, -0.2) is 4.39 Å². The van der Waals surface area contributed by atoms with Crippen molar-refractivity contribution < 1.29 is 19.0 Å². The standard InChI is InChI=1S/C12H15FO3/c1-2-9(12(14)15)7-8-16-11-5-3-10(13)4-6-11/h3-6,9H,2,7-8H2,1H3,(H,14,15). The van der Waals surface area contributed by atoms with Gasteiger partial charge < -0.3 is 9.84 Å². The Labute approximate surface area is 93.9 Å². The van der Waals surface area contributed by atoms with Gasteiger partial charge in [0.2, 0.25) is 0 Å². The Morgan fingerprint density at radius 2 is 2.06 bits per heavy atom. The first kappa shape index (κ1) is 12.5. The van der Waals surface area contributed by atoms with Gasteiger partial charge in [-0.1, -0.05) is 6.92 Å². The number of ether oxygens (including phenoxy) is 1. The van der Waals surface area contributed by atoms with Crippen molar-refractivity contribution in [3.63, 3.8) is 0 Å². The third-order valence-electron chi connectivity index (χ3n) is 2.39. The molecule has 0 aromatic heterocycles. The van der Waals surface area contributed by atoms with Crippen LogP contribution in [0.15, 0.2) is 24.3 Å². The maximum Gasteiger partial charge on any atom is 0.306 e. The van der Waals surface area contributed by atoms with Gasteiger partial charge in [0.1, 0.15) is 11.6 Å². The summed E-state index contributed by atoms with van der Waals surface area (Å²) in [6.07, 6.45) is 1.05. The van der Waals surface area contributed by atoms with Gasteiger partial charge in [-0.05, 0) is 37.1 Å². The van der Waals surface area contributed by atoms with Crippen LogP contribution in [0.5, 0.6) is 5.75 Å². The average molecular weight is 226 g/mol. The van der Waals surface area contributed by atoms with E-state index < -0.39 is 5.97 Å². The van der Waals surface area contributed by atoms with Gasteiger partial charge in [-0.3, -0.25) is 4.79 Å². The third-order valence-corrected chi connectivity index (χ3v) is 2.39. The largest absolute Gasteiger partial charge is 0.494 e. The quantitative estimate of drug-likeness (QED) is 0.811. The van der Waals surface area contributed by atoms with Gasteiger partial charge in [0.15, 0.2) is 0 Å². The predicted octanol–water partition coefficient (Wildman–Crippen LogP) is 2.71. The Kier molecular flexibility index (Phi) is 4.76. The summed E-state index contributed by atoms with van der Waals surface area (Å²) in [5.74, 6) is -0.934. The molecule has 0 radical (unpaired) electrons. The van der Waals surface area contributed by atoms with Crippen molar-refractivity contribution in [1.29, 1.82) is 0 Å². The van der Waals surface area contributed by atoms with E-state index in [0.29, 0.717) is 25.2 Å². The van der Waals surface area contributed by atoms with Crippen molar-refractivity contribution in [3.8, 4) is 5.75 Å². The molecule has 0 spiro atoms. The zero-order valence-corrected chi connectivity index (χ0v) is 9.15. The van der Waals surface area contributed by atoms with E-state index in [0.717, 1.165) is 0 Å². The lowest BCUT2D eigenvalue weighted by molar-refractivity contribution is -0.142. The molecular formula is C12H15FO3. The molecular weight excluding hydrogens is 211 g/mol. The van der Waals surface area contributed by atoms with Crippen LogP contribution in [0.2, 0.25) is 0 Å². The Bertz CT molecular complexity index is 335. The van der Waals surface area contributed by atoms with Crippen LogP contribution in [0, 0.1) is 11.7 Å². The first-order chi connectivity index (χ1) is 7.63. The number of hydrogen-bond acceptors (Lipinski definition) is 2. The van der Waals surface area contributed by atoms with Gasteiger partial charge in [-0.15, -0.1) is 0 Å². The molecule has 0 amide bonds. The second-order valence-corrected chi connectivity index (χ2v) is 3.53. The Hall–Kier alpha value is -1.58. The van der Waals surface area contributed by atoms with E-state index >= 15 is 0 Å². The zero-order valence-electron chi connectivity index (χ0n) is 9.15. The van der Waals surface area contributed by atoms with E-state index in [2.05, 4.69) is 0 Å². The van der Waals surface area contributed by atoms with Crippen molar-refractivity contribution in [3.05, 3.63) is 30.1 Å². The fraction of sp³-hybridized carbons (Fsp3) is 0.417. The highest BCUT2D eigenvalue weighted by Crippen LogP contribution is 2.13. The minimum absolute atomic E-state index is 0.315. The Balaban J connectivity index is 2.35. The van der Waals surface area contributed by atoms with E-state index in [1.54, 1.807) is 0 Å². The van der Waals surface area contributed by atoms with Crippen LogP contribution in [0.3, 0.4) is 0 Å². The highest BCUT2D eigenvalue weighted by molar-refractivity contribution is 5.69. The molecule has 0 saturated carbocycles. The minimum atomic E-state index is -0.801. The number of aliphatic carboxylic acids is 1. The van der Waals surface area contributed by atoms with Gasteiger partial charge in [0.25, 0.3) is 0 Å². The molecule has 0 saturated heterocycles. The molecule has 0 fully saturated rings. The Morgan fingerprint density at radius 1 is 1.44 bits per heavy atom. The lowest BCUT2D eigenvalue weighted by atomic mass is 10.0. The highest BCUT2D eigenvalue weighted by Gasteiger charge is 2.14. The molecule has 0 bridgehead atoms. The van der Waals surface area contributed by atoms with Crippen molar-refractivity contribution in [2.75, 3.05) is 6.61 Å². The third kappa shape index (κ3) is 3.88. The van der Waals surface area contributed by atoms with E-state index in [-0.39, 0.29) is 11.7 Å². The maximum atomic E-state index is 12.6. The van der Waals surface area contributed by atoms with Gasteiger partial charge >= 0.3 is 5.97 Å². The molecule has 16 heavy (non-hydrogen) atoms. The van der Waals surface area contributed by atoms with Crippen molar-refractivity contribution in [1.82, 2.24) is 0 Å². The molecule has 1 rings (SSSR count). The average Bonchev–Trinajstić information content (AvgIpc) is 2.26. The van der Waals surface area contributed by atoms with Crippen molar-refractivity contribution >= 4 is 5.97 Å². The molecule has 0 aliphatic carbocycles. The number of carboxylic acid groups (broad SMARTS) is 1. The smallest absolute Gasteiger partial charge is 0.306 e. The molecule has 4 heteroatoms. The van der Waals surface area contributed by atoms with Crippen molar-refractivity contribution in [2.24, 2.45) is 5.92 Å². The fourth-order valence-electron chi connectivity index (χ4n) is 1.35. The highest BCUT2D eigenvalue weighted by atomic mass is 19.1.